The van der Waals surface area contributed by atoms with Crippen molar-refractivity contribution in [1.82, 2.24) is 0 Å². The van der Waals surface area contributed by atoms with Crippen LogP contribution < -0.4 is 0 Å². The van der Waals surface area contributed by atoms with Crippen LogP contribution >= 0.6 is 0 Å². The van der Waals surface area contributed by atoms with E-state index in [1.54, 1.807) is 0 Å². The van der Waals surface area contributed by atoms with E-state index >= 15 is 0 Å². The largest absolute Gasteiger partial charge is 0.325 e. The van der Waals surface area contributed by atoms with E-state index in [0.29, 0.717) is 0 Å². The molecule has 0 aliphatic carbocycles. The second-order valence-corrected chi connectivity index (χ2v) is 2.25. The predicted octanol–water partition coefficient (Wildman–Crippen LogP) is 3.94. The molecule has 0 fully saturated rings. The van der Waals surface area contributed by atoms with E-state index in [9.17, 15) is 23.3 Å². The summed E-state index contributed by atoms with van der Waals surface area (Å²) in [6, 6.07) is 1.05. The molecule has 0 aromatic heterocycles. The van der Waals surface area contributed by atoms with E-state index in [2.05, 4.69) is 0 Å². The molecule has 4 nitrogen and oxygen atoms in total. The molecule has 0 aliphatic heterocycles. The Morgan fingerprint density at radius 3 is 1.94 bits per heavy atom. The van der Waals surface area contributed by atoms with Crippen LogP contribution in [0, 0.1) is 38.9 Å². The Kier molecular flexibility index (Phi) is 9.12. The van der Waals surface area contributed by atoms with Crippen molar-refractivity contribution in [2.24, 2.45) is 0 Å². The SMILES string of the molecule is CC.CC.N#Cc1c(F)c(F)cc(F)c1[N+](=O)[O-]. The minimum atomic E-state index is -1.72. The van der Waals surface area contributed by atoms with E-state index in [1.807, 2.05) is 27.7 Å². The van der Waals surface area contributed by atoms with Gasteiger partial charge in [-0.1, -0.05) is 27.7 Å². The van der Waals surface area contributed by atoms with Gasteiger partial charge in [0.05, 0.1) is 4.92 Å². The first-order valence-electron chi connectivity index (χ1n) is 5.21. The van der Waals surface area contributed by atoms with Crippen molar-refractivity contribution in [2.75, 3.05) is 0 Å². The highest BCUT2D eigenvalue weighted by molar-refractivity contribution is 5.50. The lowest BCUT2D eigenvalue weighted by molar-refractivity contribution is -0.388. The molecule has 0 amide bonds. The second-order valence-electron chi connectivity index (χ2n) is 2.25. The Balaban J connectivity index is 0. The normalized spacial score (nSPS) is 8.11. The molecule has 0 unspecified atom stereocenters. The maximum atomic E-state index is 12.7. The van der Waals surface area contributed by atoms with Gasteiger partial charge < -0.3 is 0 Å². The molecule has 1 aromatic rings. The zero-order chi connectivity index (χ0) is 14.9. The number of hydrogen-bond donors (Lipinski definition) is 0. The molecule has 1 rings (SSSR count). The van der Waals surface area contributed by atoms with Crippen molar-refractivity contribution in [2.45, 2.75) is 27.7 Å². The Labute approximate surface area is 103 Å². The number of rotatable bonds is 1. The fourth-order valence-corrected chi connectivity index (χ4v) is 0.866. The minimum Gasteiger partial charge on any atom is -0.258 e. The molecular weight excluding hydrogens is 249 g/mol. The first kappa shape index (κ1) is 18.3. The van der Waals surface area contributed by atoms with Crippen LogP contribution in [0.3, 0.4) is 0 Å². The van der Waals surface area contributed by atoms with E-state index in [-0.39, 0.29) is 6.07 Å². The van der Waals surface area contributed by atoms with Crippen LogP contribution in [-0.2, 0) is 0 Å². The summed E-state index contributed by atoms with van der Waals surface area (Å²) in [5.41, 5.74) is -2.60. The molecule has 0 aliphatic rings. The third-order valence-electron chi connectivity index (χ3n) is 1.44. The molecule has 0 saturated heterocycles. The Morgan fingerprint density at radius 1 is 1.17 bits per heavy atom. The van der Waals surface area contributed by atoms with Crippen molar-refractivity contribution in [3.63, 3.8) is 0 Å². The van der Waals surface area contributed by atoms with Gasteiger partial charge in [0.2, 0.25) is 5.82 Å². The highest BCUT2D eigenvalue weighted by Gasteiger charge is 2.27. The molecule has 0 N–H and O–H groups in total. The third-order valence-corrected chi connectivity index (χ3v) is 1.44. The number of hydrogen-bond acceptors (Lipinski definition) is 3. The first-order valence-corrected chi connectivity index (χ1v) is 5.21. The summed E-state index contributed by atoms with van der Waals surface area (Å²) in [4.78, 5) is 8.91. The van der Waals surface area contributed by atoms with Crippen LogP contribution in [0.1, 0.15) is 33.3 Å². The molecule has 0 spiro atoms. The number of halogens is 3. The Bertz CT molecular complexity index is 457. The van der Waals surface area contributed by atoms with Gasteiger partial charge in [-0.2, -0.15) is 9.65 Å². The second kappa shape index (κ2) is 8.98. The molecule has 7 heteroatoms. The monoisotopic (exact) mass is 262 g/mol. The van der Waals surface area contributed by atoms with E-state index < -0.39 is 33.6 Å². The Morgan fingerprint density at radius 2 is 1.61 bits per heavy atom. The number of nitro benzene ring substituents is 1. The summed E-state index contributed by atoms with van der Waals surface area (Å²) in [5.74, 6) is -4.93. The average Bonchev–Trinajstić information content (AvgIpc) is 2.37. The van der Waals surface area contributed by atoms with Crippen molar-refractivity contribution in [3.8, 4) is 6.07 Å². The molecule has 0 radical (unpaired) electrons. The minimum absolute atomic E-state index is 0.0221. The topological polar surface area (TPSA) is 66.9 Å². The van der Waals surface area contributed by atoms with Crippen LogP contribution in [0.15, 0.2) is 6.07 Å². The maximum Gasteiger partial charge on any atom is 0.325 e. The number of nitriles is 1. The van der Waals surface area contributed by atoms with E-state index in [0.717, 1.165) is 6.07 Å². The summed E-state index contributed by atoms with van der Waals surface area (Å²) < 4.78 is 37.9. The standard InChI is InChI=1S/C7HF3N2O2.2C2H6/c8-4-1-5(9)7(12(13)14)3(2-11)6(4)10;2*1-2/h1H;2*1-2H3. The lowest BCUT2D eigenvalue weighted by atomic mass is 10.1. The van der Waals surface area contributed by atoms with Gasteiger partial charge in [-0.15, -0.1) is 0 Å². The van der Waals surface area contributed by atoms with Crippen molar-refractivity contribution >= 4 is 5.69 Å². The molecule has 1 aromatic carbocycles. The lowest BCUT2D eigenvalue weighted by Crippen LogP contribution is -2.01. The van der Waals surface area contributed by atoms with Gasteiger partial charge >= 0.3 is 5.69 Å². The maximum absolute atomic E-state index is 12.7. The highest BCUT2D eigenvalue weighted by Crippen LogP contribution is 2.26. The molecule has 0 saturated carbocycles. The van der Waals surface area contributed by atoms with Crippen LogP contribution in [0.4, 0.5) is 18.9 Å². The first-order chi connectivity index (χ1) is 8.49. The molecule has 0 heterocycles. The lowest BCUT2D eigenvalue weighted by Gasteiger charge is -1.98. The molecule has 18 heavy (non-hydrogen) atoms. The van der Waals surface area contributed by atoms with Crippen LogP contribution in [0.5, 0.6) is 0 Å². The van der Waals surface area contributed by atoms with Crippen molar-refractivity contribution in [3.05, 3.63) is 39.2 Å². The zero-order valence-corrected chi connectivity index (χ0v) is 10.4. The van der Waals surface area contributed by atoms with Gasteiger partial charge in [0.15, 0.2) is 17.2 Å². The van der Waals surface area contributed by atoms with Crippen molar-refractivity contribution < 1.29 is 18.1 Å². The Hall–Kier alpha value is -2.10. The van der Waals surface area contributed by atoms with Crippen molar-refractivity contribution in [1.29, 1.82) is 5.26 Å². The molecular formula is C11H13F3N2O2. The average molecular weight is 262 g/mol. The zero-order valence-electron chi connectivity index (χ0n) is 10.4. The summed E-state index contributed by atoms with van der Waals surface area (Å²) in [6.45, 7) is 8.00. The highest BCUT2D eigenvalue weighted by atomic mass is 19.2. The molecule has 0 bridgehead atoms. The van der Waals surface area contributed by atoms with Gasteiger partial charge in [-0.3, -0.25) is 10.1 Å². The predicted molar refractivity (Wildman–Crippen MR) is 60.4 cm³/mol. The van der Waals surface area contributed by atoms with Gasteiger partial charge in [-0.05, 0) is 0 Å². The summed E-state index contributed by atoms with van der Waals surface area (Å²) in [7, 11) is 0. The summed E-state index contributed by atoms with van der Waals surface area (Å²) in [6.07, 6.45) is 0. The van der Waals surface area contributed by atoms with E-state index in [4.69, 9.17) is 5.26 Å². The fraction of sp³-hybridized carbons (Fsp3) is 0.364. The summed E-state index contributed by atoms with van der Waals surface area (Å²) >= 11 is 0. The van der Waals surface area contributed by atoms with Gasteiger partial charge in [0, 0.05) is 6.07 Å². The van der Waals surface area contributed by atoms with Gasteiger partial charge in [-0.25, -0.2) is 8.78 Å². The third kappa shape index (κ3) is 4.05. The van der Waals surface area contributed by atoms with Gasteiger partial charge in [0.25, 0.3) is 0 Å². The fourth-order valence-electron chi connectivity index (χ4n) is 0.866. The summed E-state index contributed by atoms with van der Waals surface area (Å²) in [5, 5.41) is 18.5. The van der Waals surface area contributed by atoms with E-state index in [1.165, 1.54) is 0 Å². The van der Waals surface area contributed by atoms with Crippen LogP contribution in [0.25, 0.3) is 0 Å². The number of nitrogens with zero attached hydrogens (tertiary/aromatic N) is 2. The quantitative estimate of drug-likeness (QED) is 0.437. The smallest absolute Gasteiger partial charge is 0.258 e. The van der Waals surface area contributed by atoms with Crippen LogP contribution in [0.2, 0.25) is 0 Å². The molecule has 100 valence electrons. The number of nitro groups is 1. The number of benzene rings is 1. The van der Waals surface area contributed by atoms with Gasteiger partial charge in [0.1, 0.15) is 6.07 Å². The van der Waals surface area contributed by atoms with Crippen LogP contribution in [-0.4, -0.2) is 4.92 Å². The molecule has 0 atom stereocenters.